The van der Waals surface area contributed by atoms with Crippen LogP contribution in [0.4, 0.5) is 0 Å². The highest BCUT2D eigenvalue weighted by molar-refractivity contribution is 9.10. The molecule has 3 atom stereocenters. The zero-order valence-corrected chi connectivity index (χ0v) is 12.3. The monoisotopic (exact) mass is 317 g/mol. The molecular weight excluding hydrogens is 298 g/mol. The predicted octanol–water partition coefficient (Wildman–Crippen LogP) is 3.10. The van der Waals surface area contributed by atoms with Crippen molar-refractivity contribution < 1.29 is 10.0 Å². The summed E-state index contributed by atoms with van der Waals surface area (Å²) in [5, 5.41) is 21.7. The summed E-state index contributed by atoms with van der Waals surface area (Å²) < 4.78 is -1.05. The van der Waals surface area contributed by atoms with Gasteiger partial charge >= 0.3 is 0 Å². The predicted molar refractivity (Wildman–Crippen MR) is 71.0 cm³/mol. The molecule has 4 aliphatic rings. The first-order valence-electron chi connectivity index (χ1n) is 6.78. The van der Waals surface area contributed by atoms with Crippen LogP contribution in [0.25, 0.3) is 0 Å². The van der Waals surface area contributed by atoms with Crippen molar-refractivity contribution in [2.24, 2.45) is 17.3 Å². The Balaban J connectivity index is 1.85. The first-order chi connectivity index (χ1) is 8.22. The molecule has 18 heavy (non-hydrogen) atoms. The third kappa shape index (κ3) is 1.99. The minimum Gasteiger partial charge on any atom is -0.390 e. The molecule has 0 amide bonds. The lowest BCUT2D eigenvalue weighted by Crippen LogP contribution is -2.57. The van der Waals surface area contributed by atoms with E-state index in [2.05, 4.69) is 15.9 Å². The highest BCUT2D eigenvalue weighted by Gasteiger charge is 2.59. The normalized spacial score (nSPS) is 49.1. The van der Waals surface area contributed by atoms with E-state index in [1.165, 1.54) is 6.42 Å². The number of hydrogen-bond donors (Lipinski definition) is 1. The van der Waals surface area contributed by atoms with Crippen LogP contribution in [-0.4, -0.2) is 20.1 Å². The summed E-state index contributed by atoms with van der Waals surface area (Å²) in [6.07, 6.45) is 6.51. The van der Waals surface area contributed by atoms with Crippen LogP contribution in [-0.2, 0) is 0 Å². The maximum atomic E-state index is 11.1. The van der Waals surface area contributed by atoms with Crippen molar-refractivity contribution in [3.05, 3.63) is 10.1 Å². The number of alkyl halides is 1. The standard InChI is InChI=1S/C13H20BrNO3/c1-11(14,15(17)18)7-12-3-9-2-10(4-12)6-13(16,5-9)8-12/h9-10,16H,2-8H2,1H3. The zero-order chi connectivity index (χ0) is 13.2. The van der Waals surface area contributed by atoms with Crippen molar-refractivity contribution in [3.8, 4) is 0 Å². The van der Waals surface area contributed by atoms with Gasteiger partial charge in [0.15, 0.2) is 0 Å². The lowest BCUT2D eigenvalue weighted by atomic mass is 9.47. The molecule has 0 radical (unpaired) electrons. The quantitative estimate of drug-likeness (QED) is 0.376. The molecule has 1 N–H and O–H groups in total. The minimum absolute atomic E-state index is 0.00977. The fraction of sp³-hybridized carbons (Fsp3) is 1.00. The van der Waals surface area contributed by atoms with Gasteiger partial charge in [0.2, 0.25) is 0 Å². The highest BCUT2D eigenvalue weighted by Crippen LogP contribution is 2.64. The van der Waals surface area contributed by atoms with E-state index < -0.39 is 10.0 Å². The number of aliphatic hydroxyl groups is 1. The van der Waals surface area contributed by atoms with E-state index >= 15 is 0 Å². The van der Waals surface area contributed by atoms with Gasteiger partial charge in [-0.15, -0.1) is 0 Å². The SMILES string of the molecule is CC(Br)(CC12CC3CC(CC(O)(C3)C1)C2)[N+](=O)[O-]. The van der Waals surface area contributed by atoms with E-state index in [9.17, 15) is 15.2 Å². The summed E-state index contributed by atoms with van der Waals surface area (Å²) >= 11 is 3.27. The Morgan fingerprint density at radius 3 is 2.39 bits per heavy atom. The Morgan fingerprint density at radius 1 is 1.39 bits per heavy atom. The van der Waals surface area contributed by atoms with E-state index in [-0.39, 0.29) is 10.3 Å². The second kappa shape index (κ2) is 3.69. The Hall–Kier alpha value is -0.160. The van der Waals surface area contributed by atoms with Crippen LogP contribution < -0.4 is 0 Å². The third-order valence-corrected chi connectivity index (χ3v) is 5.80. The van der Waals surface area contributed by atoms with Crippen molar-refractivity contribution in [1.29, 1.82) is 0 Å². The molecule has 0 aliphatic heterocycles. The van der Waals surface area contributed by atoms with Gasteiger partial charge in [-0.3, -0.25) is 10.1 Å². The van der Waals surface area contributed by atoms with Crippen molar-refractivity contribution in [2.75, 3.05) is 0 Å². The van der Waals surface area contributed by atoms with Crippen LogP contribution in [0.15, 0.2) is 0 Å². The van der Waals surface area contributed by atoms with Gasteiger partial charge < -0.3 is 5.11 Å². The molecule has 102 valence electrons. The zero-order valence-electron chi connectivity index (χ0n) is 10.7. The van der Waals surface area contributed by atoms with Crippen molar-refractivity contribution in [2.45, 2.75) is 61.9 Å². The van der Waals surface area contributed by atoms with Gasteiger partial charge in [0, 0.05) is 18.3 Å². The molecule has 3 unspecified atom stereocenters. The molecule has 0 aromatic rings. The van der Waals surface area contributed by atoms with E-state index in [0.717, 1.165) is 32.1 Å². The lowest BCUT2D eigenvalue weighted by Gasteiger charge is -2.60. The van der Waals surface area contributed by atoms with Crippen LogP contribution in [0.5, 0.6) is 0 Å². The number of nitrogens with zero attached hydrogens (tertiary/aromatic N) is 1. The van der Waals surface area contributed by atoms with E-state index in [1.807, 2.05) is 0 Å². The first-order valence-corrected chi connectivity index (χ1v) is 7.57. The average Bonchev–Trinajstić information content (AvgIpc) is 2.10. The highest BCUT2D eigenvalue weighted by atomic mass is 79.9. The third-order valence-electron chi connectivity index (χ3n) is 5.23. The molecule has 4 saturated carbocycles. The van der Waals surface area contributed by atoms with Crippen LogP contribution in [0.1, 0.15) is 51.9 Å². The van der Waals surface area contributed by atoms with Crippen LogP contribution in [0.3, 0.4) is 0 Å². The fourth-order valence-corrected chi connectivity index (χ4v) is 5.95. The molecule has 0 heterocycles. The molecule has 4 aliphatic carbocycles. The molecule has 5 heteroatoms. The molecule has 0 aromatic carbocycles. The van der Waals surface area contributed by atoms with Gasteiger partial charge in [0.05, 0.1) is 5.60 Å². The Morgan fingerprint density at radius 2 is 1.94 bits per heavy atom. The summed E-state index contributed by atoms with van der Waals surface area (Å²) in [7, 11) is 0. The summed E-state index contributed by atoms with van der Waals surface area (Å²) in [6, 6.07) is 0. The van der Waals surface area contributed by atoms with Crippen LogP contribution >= 0.6 is 15.9 Å². The Kier molecular flexibility index (Phi) is 2.63. The van der Waals surface area contributed by atoms with Gasteiger partial charge in [-0.05, 0) is 71.7 Å². The van der Waals surface area contributed by atoms with Crippen molar-refractivity contribution >= 4 is 15.9 Å². The average molecular weight is 318 g/mol. The van der Waals surface area contributed by atoms with E-state index in [0.29, 0.717) is 18.3 Å². The molecule has 4 bridgehead atoms. The smallest absolute Gasteiger partial charge is 0.272 e. The summed E-state index contributed by atoms with van der Waals surface area (Å²) in [5.41, 5.74) is -0.534. The second-order valence-corrected chi connectivity index (χ2v) is 8.97. The first kappa shape index (κ1) is 12.9. The Bertz CT molecular complexity index is 382. The molecule has 0 saturated heterocycles. The van der Waals surface area contributed by atoms with Gasteiger partial charge in [0.1, 0.15) is 0 Å². The summed E-state index contributed by atoms with van der Waals surface area (Å²) in [6.45, 7) is 1.65. The maximum Gasteiger partial charge on any atom is 0.272 e. The topological polar surface area (TPSA) is 63.4 Å². The van der Waals surface area contributed by atoms with Gasteiger partial charge in [0.25, 0.3) is 4.45 Å². The van der Waals surface area contributed by atoms with Crippen LogP contribution in [0.2, 0.25) is 0 Å². The van der Waals surface area contributed by atoms with Gasteiger partial charge in [-0.2, -0.15) is 0 Å². The number of hydrogen-bond acceptors (Lipinski definition) is 3. The number of rotatable bonds is 3. The lowest BCUT2D eigenvalue weighted by molar-refractivity contribution is -0.536. The molecule has 4 fully saturated rings. The minimum atomic E-state index is -1.05. The second-order valence-electron chi connectivity index (χ2n) is 7.26. The fourth-order valence-electron chi connectivity index (χ4n) is 5.36. The van der Waals surface area contributed by atoms with Gasteiger partial charge in [-0.25, -0.2) is 0 Å². The van der Waals surface area contributed by atoms with Gasteiger partial charge in [-0.1, -0.05) is 0 Å². The molecule has 4 nitrogen and oxygen atoms in total. The molecule has 0 spiro atoms. The largest absolute Gasteiger partial charge is 0.390 e. The van der Waals surface area contributed by atoms with E-state index in [4.69, 9.17) is 0 Å². The number of nitro groups is 1. The summed E-state index contributed by atoms with van der Waals surface area (Å²) in [5.74, 6) is 1.18. The van der Waals surface area contributed by atoms with Crippen molar-refractivity contribution in [1.82, 2.24) is 0 Å². The van der Waals surface area contributed by atoms with Crippen molar-refractivity contribution in [3.63, 3.8) is 0 Å². The molecule has 4 rings (SSSR count). The molecule has 0 aromatic heterocycles. The molecular formula is C13H20BrNO3. The maximum absolute atomic E-state index is 11.1. The van der Waals surface area contributed by atoms with E-state index in [1.54, 1.807) is 6.92 Å². The van der Waals surface area contributed by atoms with Crippen LogP contribution in [0, 0.1) is 27.4 Å². The Labute approximate surface area is 115 Å². The summed E-state index contributed by atoms with van der Waals surface area (Å²) in [4.78, 5) is 10.9. The number of halogens is 1.